The molecule has 0 spiro atoms. The minimum atomic E-state index is -3.71. The number of pyridine rings is 1. The molecule has 3 aromatic rings. The zero-order chi connectivity index (χ0) is 22.3. The van der Waals surface area contributed by atoms with Gasteiger partial charge in [0.25, 0.3) is 5.91 Å². The summed E-state index contributed by atoms with van der Waals surface area (Å²) in [5.41, 5.74) is 3.28. The van der Waals surface area contributed by atoms with Crippen molar-refractivity contribution in [2.75, 3.05) is 11.1 Å². The summed E-state index contributed by atoms with van der Waals surface area (Å²) in [4.78, 5) is 28.5. The summed E-state index contributed by atoms with van der Waals surface area (Å²) in [5.74, 6) is -1.89. The average Bonchev–Trinajstić information content (AvgIpc) is 2.74. The lowest BCUT2D eigenvalue weighted by Gasteiger charge is -2.09. The molecule has 0 saturated heterocycles. The van der Waals surface area contributed by atoms with Crippen LogP contribution >= 0.6 is 0 Å². The van der Waals surface area contributed by atoms with E-state index in [-0.39, 0.29) is 11.7 Å². The van der Waals surface area contributed by atoms with E-state index in [2.05, 4.69) is 15.6 Å². The SMILES string of the molecule is Cc1ccc(NC(=O)CS(=O)(=O)Cc2cccc(C(=O)NCc3ccncc3)c2)cc1. The molecule has 7 nitrogen and oxygen atoms in total. The normalized spacial score (nSPS) is 11.0. The maximum Gasteiger partial charge on any atom is 0.251 e. The van der Waals surface area contributed by atoms with Crippen LogP contribution in [0.2, 0.25) is 0 Å². The van der Waals surface area contributed by atoms with Gasteiger partial charge in [-0.2, -0.15) is 0 Å². The molecule has 3 rings (SSSR count). The van der Waals surface area contributed by atoms with Crippen LogP contribution in [0.3, 0.4) is 0 Å². The molecule has 8 heteroatoms. The molecule has 1 heterocycles. The Hall–Kier alpha value is -3.52. The average molecular weight is 438 g/mol. The van der Waals surface area contributed by atoms with Gasteiger partial charge in [-0.3, -0.25) is 14.6 Å². The second-order valence-electron chi connectivity index (χ2n) is 7.18. The molecule has 0 bridgehead atoms. The van der Waals surface area contributed by atoms with E-state index in [0.717, 1.165) is 11.1 Å². The fourth-order valence-corrected chi connectivity index (χ4v) is 4.19. The molecule has 2 amide bonds. The highest BCUT2D eigenvalue weighted by atomic mass is 32.2. The Labute approximate surface area is 181 Å². The predicted octanol–water partition coefficient (Wildman–Crippen LogP) is 2.87. The van der Waals surface area contributed by atoms with Gasteiger partial charge >= 0.3 is 0 Å². The Balaban J connectivity index is 1.58. The van der Waals surface area contributed by atoms with E-state index in [1.807, 2.05) is 19.1 Å². The van der Waals surface area contributed by atoms with Gasteiger partial charge in [0, 0.05) is 30.2 Å². The number of benzene rings is 2. The maximum atomic E-state index is 12.5. The van der Waals surface area contributed by atoms with Crippen LogP contribution in [0.4, 0.5) is 5.69 Å². The van der Waals surface area contributed by atoms with Gasteiger partial charge in [-0.25, -0.2) is 8.42 Å². The number of aromatic nitrogens is 1. The van der Waals surface area contributed by atoms with E-state index in [9.17, 15) is 18.0 Å². The van der Waals surface area contributed by atoms with E-state index in [0.29, 0.717) is 23.4 Å². The number of amides is 2. The molecule has 0 fully saturated rings. The van der Waals surface area contributed by atoms with Gasteiger partial charge < -0.3 is 10.6 Å². The van der Waals surface area contributed by atoms with Crippen molar-refractivity contribution in [1.29, 1.82) is 0 Å². The number of carbonyl (C=O) groups is 2. The summed E-state index contributed by atoms with van der Waals surface area (Å²) in [6, 6.07) is 17.1. The second-order valence-corrected chi connectivity index (χ2v) is 9.25. The summed E-state index contributed by atoms with van der Waals surface area (Å²) < 4.78 is 25.0. The highest BCUT2D eigenvalue weighted by Gasteiger charge is 2.18. The van der Waals surface area contributed by atoms with Crippen molar-refractivity contribution in [2.45, 2.75) is 19.2 Å². The molecule has 0 aliphatic rings. The van der Waals surface area contributed by atoms with Crippen LogP contribution in [-0.2, 0) is 26.9 Å². The Kier molecular flexibility index (Phi) is 7.15. The largest absolute Gasteiger partial charge is 0.348 e. The molecule has 0 aliphatic heterocycles. The summed E-state index contributed by atoms with van der Waals surface area (Å²) in [7, 11) is -3.71. The Morgan fingerprint density at radius 1 is 0.935 bits per heavy atom. The number of rotatable bonds is 8. The third-order valence-corrected chi connectivity index (χ3v) is 5.94. The lowest BCUT2D eigenvalue weighted by molar-refractivity contribution is -0.113. The van der Waals surface area contributed by atoms with E-state index >= 15 is 0 Å². The number of carbonyl (C=O) groups excluding carboxylic acids is 2. The van der Waals surface area contributed by atoms with Gasteiger partial charge in [0.1, 0.15) is 5.75 Å². The van der Waals surface area contributed by atoms with E-state index < -0.39 is 21.5 Å². The number of hydrogen-bond donors (Lipinski definition) is 2. The summed E-state index contributed by atoms with van der Waals surface area (Å²) >= 11 is 0. The minimum Gasteiger partial charge on any atom is -0.348 e. The highest BCUT2D eigenvalue weighted by molar-refractivity contribution is 7.91. The molecule has 1 aromatic heterocycles. The Morgan fingerprint density at radius 2 is 1.65 bits per heavy atom. The van der Waals surface area contributed by atoms with Gasteiger partial charge in [-0.1, -0.05) is 29.8 Å². The zero-order valence-corrected chi connectivity index (χ0v) is 17.9. The van der Waals surface area contributed by atoms with Crippen molar-refractivity contribution in [3.63, 3.8) is 0 Å². The fourth-order valence-electron chi connectivity index (χ4n) is 2.93. The van der Waals surface area contributed by atoms with Gasteiger partial charge in [0.2, 0.25) is 5.91 Å². The minimum absolute atomic E-state index is 0.312. The zero-order valence-electron chi connectivity index (χ0n) is 17.0. The topological polar surface area (TPSA) is 105 Å². The predicted molar refractivity (Wildman–Crippen MR) is 119 cm³/mol. The first kappa shape index (κ1) is 22.2. The van der Waals surface area contributed by atoms with Crippen LogP contribution in [0.15, 0.2) is 73.1 Å². The molecule has 0 atom stereocenters. The molecule has 2 aromatic carbocycles. The van der Waals surface area contributed by atoms with Crippen LogP contribution in [0.25, 0.3) is 0 Å². The molecule has 0 aliphatic carbocycles. The van der Waals surface area contributed by atoms with E-state index in [1.54, 1.807) is 54.9 Å². The fraction of sp³-hybridized carbons (Fsp3) is 0.174. The first-order chi connectivity index (χ1) is 14.8. The van der Waals surface area contributed by atoms with E-state index in [1.165, 1.54) is 6.07 Å². The number of aryl methyl sites for hydroxylation is 1. The third-order valence-electron chi connectivity index (χ3n) is 4.46. The van der Waals surface area contributed by atoms with E-state index in [4.69, 9.17) is 0 Å². The molecular formula is C23H23N3O4S. The van der Waals surface area contributed by atoms with Gasteiger partial charge in [-0.05, 0) is 54.4 Å². The maximum absolute atomic E-state index is 12.5. The highest BCUT2D eigenvalue weighted by Crippen LogP contribution is 2.12. The number of nitrogens with one attached hydrogen (secondary N) is 2. The molecular weight excluding hydrogens is 414 g/mol. The number of nitrogens with zero attached hydrogens (tertiary/aromatic N) is 1. The lowest BCUT2D eigenvalue weighted by atomic mass is 10.1. The van der Waals surface area contributed by atoms with Crippen LogP contribution < -0.4 is 10.6 Å². The third kappa shape index (κ3) is 7.04. The molecule has 31 heavy (non-hydrogen) atoms. The number of sulfone groups is 1. The quantitative estimate of drug-likeness (QED) is 0.564. The van der Waals surface area contributed by atoms with Crippen LogP contribution in [0.1, 0.15) is 27.0 Å². The van der Waals surface area contributed by atoms with Crippen molar-refractivity contribution in [2.24, 2.45) is 0 Å². The molecule has 160 valence electrons. The summed E-state index contributed by atoms with van der Waals surface area (Å²) in [5, 5.41) is 5.37. The molecule has 2 N–H and O–H groups in total. The van der Waals surface area contributed by atoms with Crippen molar-refractivity contribution in [3.8, 4) is 0 Å². The van der Waals surface area contributed by atoms with Gasteiger partial charge in [-0.15, -0.1) is 0 Å². The lowest BCUT2D eigenvalue weighted by Crippen LogP contribution is -2.24. The second kappa shape index (κ2) is 9.99. The smallest absolute Gasteiger partial charge is 0.251 e. The van der Waals surface area contributed by atoms with Crippen molar-refractivity contribution >= 4 is 27.3 Å². The van der Waals surface area contributed by atoms with Crippen molar-refractivity contribution < 1.29 is 18.0 Å². The van der Waals surface area contributed by atoms with Gasteiger partial charge in [0.15, 0.2) is 9.84 Å². The first-order valence-corrected chi connectivity index (χ1v) is 11.5. The summed E-state index contributed by atoms with van der Waals surface area (Å²) in [6.07, 6.45) is 3.28. The van der Waals surface area contributed by atoms with Crippen molar-refractivity contribution in [1.82, 2.24) is 10.3 Å². The molecule has 0 unspecified atom stereocenters. The molecule has 0 radical (unpaired) electrons. The number of anilines is 1. The van der Waals surface area contributed by atoms with Crippen molar-refractivity contribution in [3.05, 3.63) is 95.3 Å². The Morgan fingerprint density at radius 3 is 2.35 bits per heavy atom. The first-order valence-electron chi connectivity index (χ1n) is 9.64. The van der Waals surface area contributed by atoms with Crippen LogP contribution in [-0.4, -0.2) is 31.0 Å². The van der Waals surface area contributed by atoms with Crippen LogP contribution in [0, 0.1) is 6.92 Å². The molecule has 0 saturated carbocycles. The number of hydrogen-bond acceptors (Lipinski definition) is 5. The monoisotopic (exact) mass is 437 g/mol. The standard InChI is InChI=1S/C23H23N3O4S/c1-17-5-7-21(8-6-17)26-22(27)16-31(29,30)15-19-3-2-4-20(13-19)23(28)25-14-18-9-11-24-12-10-18/h2-13H,14-16H2,1H3,(H,25,28)(H,26,27). The van der Waals surface area contributed by atoms with Gasteiger partial charge in [0.05, 0.1) is 5.75 Å². The summed E-state index contributed by atoms with van der Waals surface area (Å²) in [6.45, 7) is 2.26. The Bertz CT molecular complexity index is 1160. The van der Waals surface area contributed by atoms with Crippen LogP contribution in [0.5, 0.6) is 0 Å².